The number of thioether (sulfide) groups is 1. The Hall–Kier alpha value is -4.96. The minimum atomic E-state index is -0.486. The number of benzene rings is 3. The van der Waals surface area contributed by atoms with Gasteiger partial charge in [-0.25, -0.2) is 0 Å². The minimum Gasteiger partial charge on any atom is -0.497 e. The minimum absolute atomic E-state index is 0.0124. The average Bonchev–Trinajstić information content (AvgIpc) is 3.57. The van der Waals surface area contributed by atoms with Gasteiger partial charge in [0, 0.05) is 16.1 Å². The molecule has 2 heterocycles. The van der Waals surface area contributed by atoms with E-state index in [4.69, 9.17) is 13.9 Å². The van der Waals surface area contributed by atoms with Crippen LogP contribution in [-0.2, 0) is 16.1 Å². The first-order valence-corrected chi connectivity index (χ1v) is 13.5. The maximum atomic E-state index is 13.6. The number of anilines is 2. The first-order valence-electron chi connectivity index (χ1n) is 12.6. The Balaban J connectivity index is 1.44. The second-order valence-corrected chi connectivity index (χ2v) is 10.2. The van der Waals surface area contributed by atoms with Crippen molar-refractivity contribution in [1.29, 1.82) is 0 Å². The number of furan rings is 1. The third kappa shape index (κ3) is 6.12. The van der Waals surface area contributed by atoms with Crippen LogP contribution in [0.2, 0.25) is 0 Å². The fraction of sp³-hybridized carbons (Fsp3) is 0.129. The molecule has 10 heteroatoms. The van der Waals surface area contributed by atoms with Gasteiger partial charge in [-0.3, -0.25) is 19.3 Å². The molecule has 0 saturated carbocycles. The Kier molecular flexibility index (Phi) is 8.11. The second kappa shape index (κ2) is 12.1. The van der Waals surface area contributed by atoms with Crippen molar-refractivity contribution in [3.8, 4) is 11.5 Å². The molecule has 208 valence electrons. The van der Waals surface area contributed by atoms with Crippen LogP contribution < -0.4 is 20.1 Å². The summed E-state index contributed by atoms with van der Waals surface area (Å²) in [6.07, 6.45) is 1.49. The summed E-state index contributed by atoms with van der Waals surface area (Å²) in [7, 11) is 3.07. The smallest absolute Gasteiger partial charge is 0.278 e. The van der Waals surface area contributed by atoms with Gasteiger partial charge in [0.1, 0.15) is 27.9 Å². The van der Waals surface area contributed by atoms with E-state index in [1.54, 1.807) is 66.7 Å². The fourth-order valence-electron chi connectivity index (χ4n) is 4.24. The average molecular weight is 570 g/mol. The molecule has 41 heavy (non-hydrogen) atoms. The molecule has 5 rings (SSSR count). The monoisotopic (exact) mass is 569 g/mol. The number of aryl methyl sites for hydroxylation is 1. The molecular weight excluding hydrogens is 542 g/mol. The number of carbonyl (C=O) groups is 3. The molecule has 0 spiro atoms. The summed E-state index contributed by atoms with van der Waals surface area (Å²) in [5, 5.41) is 6.02. The Labute approximate surface area is 241 Å². The Morgan fingerprint density at radius 1 is 0.927 bits per heavy atom. The van der Waals surface area contributed by atoms with Gasteiger partial charge in [-0.2, -0.15) is 0 Å². The first-order chi connectivity index (χ1) is 19.9. The number of nitrogens with one attached hydrogen (secondary N) is 2. The van der Waals surface area contributed by atoms with E-state index >= 15 is 0 Å². The molecule has 4 aromatic rings. The number of rotatable bonds is 10. The van der Waals surface area contributed by atoms with Crippen molar-refractivity contribution < 1.29 is 28.3 Å². The topological polar surface area (TPSA) is 110 Å². The zero-order valence-corrected chi connectivity index (χ0v) is 23.4. The lowest BCUT2D eigenvalue weighted by atomic mass is 10.2. The van der Waals surface area contributed by atoms with Gasteiger partial charge < -0.3 is 24.5 Å². The van der Waals surface area contributed by atoms with E-state index < -0.39 is 11.8 Å². The van der Waals surface area contributed by atoms with E-state index in [2.05, 4.69) is 10.6 Å². The quantitative estimate of drug-likeness (QED) is 0.229. The molecule has 0 atom stereocenters. The van der Waals surface area contributed by atoms with Gasteiger partial charge in [0.05, 0.1) is 32.7 Å². The highest BCUT2D eigenvalue weighted by Crippen LogP contribution is 2.38. The second-order valence-electron chi connectivity index (χ2n) is 9.12. The van der Waals surface area contributed by atoms with Gasteiger partial charge in [0.25, 0.3) is 17.7 Å². The molecule has 0 unspecified atom stereocenters. The molecule has 0 bridgehead atoms. The van der Waals surface area contributed by atoms with E-state index in [1.165, 1.54) is 20.5 Å². The molecule has 9 nitrogen and oxygen atoms in total. The zero-order chi connectivity index (χ0) is 28.9. The predicted octanol–water partition coefficient (Wildman–Crippen LogP) is 5.84. The van der Waals surface area contributed by atoms with Crippen molar-refractivity contribution in [3.63, 3.8) is 0 Å². The van der Waals surface area contributed by atoms with Crippen molar-refractivity contribution in [2.24, 2.45) is 0 Å². The molecular formula is C31H27N3O6S. The summed E-state index contributed by atoms with van der Waals surface area (Å²) in [5.74, 6) is 0.321. The van der Waals surface area contributed by atoms with E-state index in [-0.39, 0.29) is 23.1 Å². The molecule has 0 radical (unpaired) electrons. The van der Waals surface area contributed by atoms with Crippen molar-refractivity contribution in [3.05, 3.63) is 113 Å². The van der Waals surface area contributed by atoms with Crippen molar-refractivity contribution in [2.75, 3.05) is 24.9 Å². The third-order valence-electron chi connectivity index (χ3n) is 6.28. The molecule has 1 aliphatic heterocycles. The van der Waals surface area contributed by atoms with Crippen molar-refractivity contribution >= 4 is 40.9 Å². The van der Waals surface area contributed by atoms with Gasteiger partial charge in [-0.05, 0) is 73.2 Å². The number of ether oxygens (including phenoxy) is 2. The van der Waals surface area contributed by atoms with Crippen molar-refractivity contribution in [1.82, 2.24) is 4.90 Å². The van der Waals surface area contributed by atoms with E-state index in [9.17, 15) is 14.4 Å². The highest BCUT2D eigenvalue weighted by Gasteiger charge is 2.40. The lowest BCUT2D eigenvalue weighted by Crippen LogP contribution is -2.31. The maximum Gasteiger partial charge on any atom is 0.278 e. The number of amides is 3. The van der Waals surface area contributed by atoms with Crippen LogP contribution in [0.5, 0.6) is 11.5 Å². The standard InChI is InChI=1S/C31H27N3O6S/c1-19-12-13-26(39-3)25(15-19)33-27-28(31(37)34(30(27)36)18-23-10-6-14-40-23)41-24-11-5-8-21(17-24)32-29(35)20-7-4-9-22(16-20)38-2/h4-17,33H,18H2,1-3H3,(H,32,35). The van der Waals surface area contributed by atoms with E-state index in [1.807, 2.05) is 19.1 Å². The molecule has 0 aliphatic carbocycles. The Bertz CT molecular complexity index is 1650. The molecule has 0 fully saturated rings. The molecule has 3 amide bonds. The van der Waals surface area contributed by atoms with Crippen LogP contribution in [0.15, 0.2) is 105 Å². The Morgan fingerprint density at radius 2 is 1.76 bits per heavy atom. The van der Waals surface area contributed by atoms with Crippen LogP contribution in [-0.4, -0.2) is 36.8 Å². The van der Waals surface area contributed by atoms with Gasteiger partial charge in [0.15, 0.2) is 0 Å². The molecule has 0 saturated heterocycles. The fourth-order valence-corrected chi connectivity index (χ4v) is 5.24. The van der Waals surface area contributed by atoms with Crippen LogP contribution in [0.1, 0.15) is 21.7 Å². The molecule has 1 aliphatic rings. The summed E-state index contributed by atoms with van der Waals surface area (Å²) >= 11 is 1.13. The van der Waals surface area contributed by atoms with Gasteiger partial charge in [0.2, 0.25) is 0 Å². The van der Waals surface area contributed by atoms with Gasteiger partial charge in [-0.1, -0.05) is 30.0 Å². The van der Waals surface area contributed by atoms with Crippen LogP contribution >= 0.6 is 11.8 Å². The number of nitrogens with zero attached hydrogens (tertiary/aromatic N) is 1. The van der Waals surface area contributed by atoms with E-state index in [0.717, 1.165) is 22.2 Å². The number of imide groups is 1. The highest BCUT2D eigenvalue weighted by atomic mass is 32.2. The molecule has 2 N–H and O–H groups in total. The summed E-state index contributed by atoms with van der Waals surface area (Å²) in [5.41, 5.74) is 2.60. The van der Waals surface area contributed by atoms with Gasteiger partial charge >= 0.3 is 0 Å². The SMILES string of the molecule is COc1cccc(C(=O)Nc2cccc(SC3=C(Nc4cc(C)ccc4OC)C(=O)N(Cc4ccco4)C3=O)c2)c1. The first kappa shape index (κ1) is 27.6. The highest BCUT2D eigenvalue weighted by molar-refractivity contribution is 8.04. The summed E-state index contributed by atoms with van der Waals surface area (Å²) < 4.78 is 16.1. The third-order valence-corrected chi connectivity index (χ3v) is 7.35. The van der Waals surface area contributed by atoms with E-state index in [0.29, 0.717) is 39.1 Å². The normalized spacial score (nSPS) is 13.0. The summed E-state index contributed by atoms with van der Waals surface area (Å²) in [6.45, 7) is 1.91. The zero-order valence-electron chi connectivity index (χ0n) is 22.6. The van der Waals surface area contributed by atoms with Gasteiger partial charge in [-0.15, -0.1) is 0 Å². The lowest BCUT2D eigenvalue weighted by molar-refractivity contribution is -0.138. The number of carbonyl (C=O) groups excluding carboxylic acids is 3. The van der Waals surface area contributed by atoms with Crippen LogP contribution in [0.25, 0.3) is 0 Å². The number of hydrogen-bond donors (Lipinski definition) is 2. The van der Waals surface area contributed by atoms with Crippen LogP contribution in [0.4, 0.5) is 11.4 Å². The largest absolute Gasteiger partial charge is 0.497 e. The number of methoxy groups -OCH3 is 2. The van der Waals surface area contributed by atoms with Crippen molar-refractivity contribution in [2.45, 2.75) is 18.4 Å². The number of hydrogen-bond acceptors (Lipinski definition) is 8. The predicted molar refractivity (Wildman–Crippen MR) is 156 cm³/mol. The molecule has 3 aromatic carbocycles. The summed E-state index contributed by atoms with van der Waals surface area (Å²) in [6, 6.07) is 22.8. The summed E-state index contributed by atoms with van der Waals surface area (Å²) in [4.78, 5) is 42.0. The van der Waals surface area contributed by atoms with Crippen LogP contribution in [0, 0.1) is 6.92 Å². The Morgan fingerprint density at radius 3 is 2.51 bits per heavy atom. The molecule has 1 aromatic heterocycles. The maximum absolute atomic E-state index is 13.6. The lowest BCUT2D eigenvalue weighted by Gasteiger charge is -2.15. The van der Waals surface area contributed by atoms with Crippen LogP contribution in [0.3, 0.4) is 0 Å².